The number of nitrogens with one attached hydrogen (secondary N) is 1. The maximum absolute atomic E-state index is 12.6. The maximum Gasteiger partial charge on any atom is 0.255 e. The molecule has 0 aliphatic heterocycles. The molecule has 2 aromatic rings. The van der Waals surface area contributed by atoms with Crippen LogP contribution >= 0.6 is 11.6 Å². The third-order valence-corrected chi connectivity index (χ3v) is 6.67. The highest BCUT2D eigenvalue weighted by molar-refractivity contribution is 7.89. The Bertz CT molecular complexity index is 942. The average molecular weight is 424 g/mol. The second-order valence-electron chi connectivity index (χ2n) is 6.81. The molecule has 28 heavy (non-hydrogen) atoms. The summed E-state index contributed by atoms with van der Waals surface area (Å²) in [5.74, 6) is -0.407. The van der Waals surface area contributed by atoms with Crippen LogP contribution in [0.4, 0.5) is 11.4 Å². The molecule has 1 N–H and O–H groups in total. The van der Waals surface area contributed by atoms with Gasteiger partial charge >= 0.3 is 0 Å². The minimum absolute atomic E-state index is 0.0722. The van der Waals surface area contributed by atoms with E-state index in [1.165, 1.54) is 32.3 Å². The second-order valence-corrected chi connectivity index (χ2v) is 9.34. The van der Waals surface area contributed by atoms with Crippen molar-refractivity contribution in [1.82, 2.24) is 4.31 Å². The summed E-state index contributed by atoms with van der Waals surface area (Å²) >= 11 is 6.03. The van der Waals surface area contributed by atoms with E-state index in [0.29, 0.717) is 11.7 Å². The number of benzene rings is 2. The van der Waals surface area contributed by atoms with E-state index < -0.39 is 15.9 Å². The normalized spacial score (nSPS) is 11.7. The van der Waals surface area contributed by atoms with Crippen molar-refractivity contribution in [2.75, 3.05) is 30.9 Å². The largest absolute Gasteiger partial charge is 0.369 e. The van der Waals surface area contributed by atoms with Crippen molar-refractivity contribution in [3.05, 3.63) is 53.1 Å². The zero-order chi connectivity index (χ0) is 21.1. The summed E-state index contributed by atoms with van der Waals surface area (Å²) in [5.41, 5.74) is 1.91. The number of halogens is 1. The van der Waals surface area contributed by atoms with E-state index in [1.54, 1.807) is 0 Å². The molecule has 6 nitrogen and oxygen atoms in total. The van der Waals surface area contributed by atoms with Gasteiger partial charge < -0.3 is 10.2 Å². The lowest BCUT2D eigenvalue weighted by Gasteiger charge is -2.27. The van der Waals surface area contributed by atoms with Gasteiger partial charge in [0, 0.05) is 43.6 Å². The SMILES string of the molecule is CCN(c1ccc(NC(=O)c2ccc(Cl)c(S(=O)(=O)N(C)C)c2)cc1)C(C)C. The van der Waals surface area contributed by atoms with Crippen LogP contribution in [0.5, 0.6) is 0 Å². The Hall–Kier alpha value is -2.09. The number of carbonyl (C=O) groups is 1. The van der Waals surface area contributed by atoms with Gasteiger partial charge in [-0.2, -0.15) is 0 Å². The van der Waals surface area contributed by atoms with Gasteiger partial charge in [-0.3, -0.25) is 4.79 Å². The molecule has 1 amide bonds. The number of sulfonamides is 1. The zero-order valence-electron chi connectivity index (χ0n) is 16.7. The van der Waals surface area contributed by atoms with Crippen LogP contribution in [0.3, 0.4) is 0 Å². The van der Waals surface area contributed by atoms with E-state index in [1.807, 2.05) is 24.3 Å². The average Bonchev–Trinajstić information content (AvgIpc) is 2.63. The standard InChI is InChI=1S/C20H26ClN3O3S/c1-6-24(14(2)3)17-10-8-16(9-11-17)22-20(25)15-7-12-18(21)19(13-15)28(26,27)23(4)5/h7-14H,6H2,1-5H3,(H,22,25). The summed E-state index contributed by atoms with van der Waals surface area (Å²) in [6.45, 7) is 7.23. The van der Waals surface area contributed by atoms with Crippen molar-refractivity contribution in [2.24, 2.45) is 0 Å². The highest BCUT2D eigenvalue weighted by Gasteiger charge is 2.22. The van der Waals surface area contributed by atoms with Crippen molar-refractivity contribution >= 4 is 38.9 Å². The first-order valence-electron chi connectivity index (χ1n) is 8.98. The Labute approximate surface area is 172 Å². The predicted molar refractivity (Wildman–Crippen MR) is 115 cm³/mol. The predicted octanol–water partition coefficient (Wildman–Crippen LogP) is 4.08. The lowest BCUT2D eigenvalue weighted by atomic mass is 10.2. The molecule has 0 unspecified atom stereocenters. The van der Waals surface area contributed by atoms with E-state index >= 15 is 0 Å². The molecule has 0 aliphatic rings. The molecule has 8 heteroatoms. The van der Waals surface area contributed by atoms with Gasteiger partial charge in [-0.05, 0) is 63.2 Å². The van der Waals surface area contributed by atoms with E-state index in [9.17, 15) is 13.2 Å². The summed E-state index contributed by atoms with van der Waals surface area (Å²) in [4.78, 5) is 14.7. The second kappa shape index (κ2) is 8.94. The van der Waals surface area contributed by atoms with Gasteiger partial charge in [-0.15, -0.1) is 0 Å². The quantitative estimate of drug-likeness (QED) is 0.728. The highest BCUT2D eigenvalue weighted by Crippen LogP contribution is 2.26. The fourth-order valence-corrected chi connectivity index (χ4v) is 4.22. The van der Waals surface area contributed by atoms with Gasteiger partial charge in [0.05, 0.1) is 5.02 Å². The van der Waals surface area contributed by atoms with E-state index in [2.05, 4.69) is 31.0 Å². The zero-order valence-corrected chi connectivity index (χ0v) is 18.3. The maximum atomic E-state index is 12.6. The Kier molecular flexibility index (Phi) is 7.09. The molecule has 0 spiro atoms. The Balaban J connectivity index is 2.24. The van der Waals surface area contributed by atoms with Crippen LogP contribution in [0.2, 0.25) is 5.02 Å². The minimum atomic E-state index is -3.75. The summed E-state index contributed by atoms with van der Waals surface area (Å²) < 4.78 is 25.8. The summed E-state index contributed by atoms with van der Waals surface area (Å²) in [6, 6.07) is 12.1. The molecule has 0 fully saturated rings. The van der Waals surface area contributed by atoms with E-state index in [0.717, 1.165) is 16.5 Å². The van der Waals surface area contributed by atoms with Crippen LogP contribution in [0, 0.1) is 0 Å². The van der Waals surface area contributed by atoms with E-state index in [4.69, 9.17) is 11.6 Å². The van der Waals surface area contributed by atoms with Crippen LogP contribution in [-0.2, 0) is 10.0 Å². The number of hydrogen-bond acceptors (Lipinski definition) is 4. The van der Waals surface area contributed by atoms with Gasteiger partial charge in [0.25, 0.3) is 5.91 Å². The fraction of sp³-hybridized carbons (Fsp3) is 0.350. The number of nitrogens with zero attached hydrogens (tertiary/aromatic N) is 2. The van der Waals surface area contributed by atoms with Gasteiger partial charge in [0.2, 0.25) is 10.0 Å². The van der Waals surface area contributed by atoms with Gasteiger partial charge in [-0.25, -0.2) is 12.7 Å². The third kappa shape index (κ3) is 4.84. The van der Waals surface area contributed by atoms with E-state index in [-0.39, 0.29) is 15.5 Å². The molecule has 152 valence electrons. The summed E-state index contributed by atoms with van der Waals surface area (Å²) in [7, 11) is -0.920. The molecule has 2 rings (SSSR count). The van der Waals surface area contributed by atoms with Crippen molar-refractivity contribution in [3.63, 3.8) is 0 Å². The van der Waals surface area contributed by atoms with Crippen molar-refractivity contribution in [1.29, 1.82) is 0 Å². The minimum Gasteiger partial charge on any atom is -0.369 e. The molecule has 0 radical (unpaired) electrons. The van der Waals surface area contributed by atoms with Crippen LogP contribution < -0.4 is 10.2 Å². The number of anilines is 2. The highest BCUT2D eigenvalue weighted by atomic mass is 35.5. The van der Waals surface area contributed by atoms with Crippen LogP contribution in [0.1, 0.15) is 31.1 Å². The smallest absolute Gasteiger partial charge is 0.255 e. The molecular formula is C20H26ClN3O3S. The Morgan fingerprint density at radius 3 is 2.21 bits per heavy atom. The number of rotatable bonds is 7. The number of hydrogen-bond donors (Lipinski definition) is 1. The Morgan fingerprint density at radius 1 is 1.11 bits per heavy atom. The lowest BCUT2D eigenvalue weighted by Crippen LogP contribution is -2.30. The monoisotopic (exact) mass is 423 g/mol. The van der Waals surface area contributed by atoms with Gasteiger partial charge in [0.15, 0.2) is 0 Å². The van der Waals surface area contributed by atoms with Crippen molar-refractivity contribution < 1.29 is 13.2 Å². The number of carbonyl (C=O) groups excluding carboxylic acids is 1. The molecule has 0 heterocycles. The van der Waals surface area contributed by atoms with Crippen molar-refractivity contribution in [2.45, 2.75) is 31.7 Å². The molecule has 0 aliphatic carbocycles. The van der Waals surface area contributed by atoms with Crippen LogP contribution in [-0.4, -0.2) is 45.3 Å². The van der Waals surface area contributed by atoms with Gasteiger partial charge in [-0.1, -0.05) is 11.6 Å². The molecule has 0 aromatic heterocycles. The third-order valence-electron chi connectivity index (χ3n) is 4.37. The van der Waals surface area contributed by atoms with Crippen LogP contribution in [0.25, 0.3) is 0 Å². The molecular weight excluding hydrogens is 398 g/mol. The van der Waals surface area contributed by atoms with Crippen LogP contribution in [0.15, 0.2) is 47.4 Å². The van der Waals surface area contributed by atoms with Crippen molar-refractivity contribution in [3.8, 4) is 0 Å². The molecule has 0 saturated carbocycles. The fourth-order valence-electron chi connectivity index (χ4n) is 2.82. The topological polar surface area (TPSA) is 69.7 Å². The number of amides is 1. The van der Waals surface area contributed by atoms with Gasteiger partial charge in [0.1, 0.15) is 4.90 Å². The first-order valence-corrected chi connectivity index (χ1v) is 10.8. The molecule has 2 aromatic carbocycles. The lowest BCUT2D eigenvalue weighted by molar-refractivity contribution is 0.102. The summed E-state index contributed by atoms with van der Waals surface area (Å²) in [6.07, 6.45) is 0. The molecule has 0 bridgehead atoms. The first-order chi connectivity index (χ1) is 13.1. The molecule has 0 atom stereocenters. The first kappa shape index (κ1) is 22.2. The summed E-state index contributed by atoms with van der Waals surface area (Å²) in [5, 5.41) is 2.86. The molecule has 0 saturated heterocycles. The Morgan fingerprint density at radius 2 is 1.71 bits per heavy atom.